The van der Waals surface area contributed by atoms with Gasteiger partial charge in [-0.1, -0.05) is 137 Å². The van der Waals surface area contributed by atoms with Crippen molar-refractivity contribution in [2.75, 3.05) is 0 Å². The lowest BCUT2D eigenvalue weighted by molar-refractivity contribution is 0.795. The molecule has 193 valence electrons. The standard InChI is InChI=1S/C36H45Si/c1-5-8-11-30-15-22-33(23-16-30)37(36-21-14-29(4)28-36,34-24-17-31(18-25-34)12-9-6-2)35-26-19-32(20-27-35)13-10-7-3/h14-28H,5-13H2,1-4H3. The molecule has 0 saturated heterocycles. The number of unbranched alkanes of at least 4 members (excludes halogenated alkanes) is 3. The summed E-state index contributed by atoms with van der Waals surface area (Å²) in [5.74, 6) is 0. The highest BCUT2D eigenvalue weighted by Crippen LogP contribution is 2.29. The zero-order chi connectivity index (χ0) is 26.1. The first kappa shape index (κ1) is 27.4. The molecule has 4 rings (SSSR count). The van der Waals surface area contributed by atoms with E-state index in [0.717, 1.165) is 0 Å². The molecule has 0 spiro atoms. The molecule has 37 heavy (non-hydrogen) atoms. The molecule has 0 bridgehead atoms. The van der Waals surface area contributed by atoms with Gasteiger partial charge in [-0.05, 0) is 77.7 Å². The van der Waals surface area contributed by atoms with Crippen LogP contribution >= 0.6 is 0 Å². The summed E-state index contributed by atoms with van der Waals surface area (Å²) < 4.78 is 0. The summed E-state index contributed by atoms with van der Waals surface area (Å²) in [5.41, 5.74) is 7.21. The maximum absolute atomic E-state index is 2.45. The minimum Gasteiger partial charge on any atom is -0.0750 e. The SMILES string of the molecule is CCCCc1ccc([Si]([C]2C=CC(C)=C2)(c2ccc(CCCC)cc2)c2ccc(CCCC)cc2)cc1. The zero-order valence-electron chi connectivity index (χ0n) is 23.5. The van der Waals surface area contributed by atoms with E-state index in [9.17, 15) is 0 Å². The van der Waals surface area contributed by atoms with E-state index in [1.54, 1.807) is 0 Å². The quantitative estimate of drug-likeness (QED) is 0.164. The van der Waals surface area contributed by atoms with Crippen molar-refractivity contribution in [3.63, 3.8) is 0 Å². The predicted molar refractivity (Wildman–Crippen MR) is 166 cm³/mol. The maximum Gasteiger partial charge on any atom is 0.162 e. The highest BCUT2D eigenvalue weighted by molar-refractivity contribution is 7.15. The second-order valence-electron chi connectivity index (χ2n) is 10.8. The fourth-order valence-corrected chi connectivity index (χ4v) is 10.5. The summed E-state index contributed by atoms with van der Waals surface area (Å²) in [6.45, 7) is 9.06. The van der Waals surface area contributed by atoms with Crippen LogP contribution in [0.3, 0.4) is 0 Å². The first-order valence-electron chi connectivity index (χ1n) is 14.6. The van der Waals surface area contributed by atoms with Crippen molar-refractivity contribution in [1.82, 2.24) is 0 Å². The van der Waals surface area contributed by atoms with E-state index < -0.39 is 8.07 Å². The van der Waals surface area contributed by atoms with Gasteiger partial charge >= 0.3 is 0 Å². The third kappa shape index (κ3) is 6.26. The van der Waals surface area contributed by atoms with Gasteiger partial charge in [-0.15, -0.1) is 0 Å². The lowest BCUT2D eigenvalue weighted by Crippen LogP contribution is -2.70. The summed E-state index contributed by atoms with van der Waals surface area (Å²) in [6, 6.07) is 29.1. The van der Waals surface area contributed by atoms with Gasteiger partial charge in [0.05, 0.1) is 0 Å². The number of aryl methyl sites for hydroxylation is 3. The summed E-state index contributed by atoms with van der Waals surface area (Å²) in [5, 5.41) is 4.46. The van der Waals surface area contributed by atoms with Crippen LogP contribution in [-0.4, -0.2) is 8.07 Å². The summed E-state index contributed by atoms with van der Waals surface area (Å²) in [4.78, 5) is 0. The largest absolute Gasteiger partial charge is 0.162 e. The van der Waals surface area contributed by atoms with E-state index in [2.05, 4.69) is 119 Å². The van der Waals surface area contributed by atoms with Crippen molar-refractivity contribution >= 4 is 23.6 Å². The van der Waals surface area contributed by atoms with Crippen molar-refractivity contribution < 1.29 is 0 Å². The molecule has 0 unspecified atom stereocenters. The van der Waals surface area contributed by atoms with Crippen LogP contribution < -0.4 is 15.6 Å². The molecule has 1 heteroatoms. The third-order valence-corrected chi connectivity index (χ3v) is 12.7. The monoisotopic (exact) mass is 505 g/mol. The summed E-state index contributed by atoms with van der Waals surface area (Å²) >= 11 is 0. The minimum atomic E-state index is -2.44. The van der Waals surface area contributed by atoms with Crippen molar-refractivity contribution in [1.29, 1.82) is 0 Å². The van der Waals surface area contributed by atoms with Crippen LogP contribution in [-0.2, 0) is 19.3 Å². The van der Waals surface area contributed by atoms with E-state index in [1.807, 2.05) is 0 Å². The van der Waals surface area contributed by atoms with Gasteiger partial charge < -0.3 is 0 Å². The van der Waals surface area contributed by atoms with E-state index in [0.29, 0.717) is 0 Å². The number of benzene rings is 3. The molecule has 0 fully saturated rings. The number of hydrogen-bond acceptors (Lipinski definition) is 0. The van der Waals surface area contributed by atoms with E-state index in [-0.39, 0.29) is 0 Å². The van der Waals surface area contributed by atoms with Gasteiger partial charge in [-0.2, -0.15) is 0 Å². The lowest BCUT2D eigenvalue weighted by atomic mass is 10.1. The van der Waals surface area contributed by atoms with Crippen LogP contribution in [0.2, 0.25) is 0 Å². The molecule has 0 atom stereocenters. The molecule has 0 aromatic heterocycles. The van der Waals surface area contributed by atoms with Crippen LogP contribution in [0.1, 0.15) is 82.9 Å². The minimum absolute atomic E-state index is 1.17. The van der Waals surface area contributed by atoms with Gasteiger partial charge in [0, 0.05) is 5.54 Å². The number of rotatable bonds is 13. The molecule has 0 N–H and O–H groups in total. The van der Waals surface area contributed by atoms with Gasteiger partial charge in [0.2, 0.25) is 0 Å². The fourth-order valence-electron chi connectivity index (χ4n) is 5.70. The van der Waals surface area contributed by atoms with Gasteiger partial charge in [0.1, 0.15) is 0 Å². The molecule has 0 nitrogen and oxygen atoms in total. The number of hydrogen-bond donors (Lipinski definition) is 0. The smallest absolute Gasteiger partial charge is 0.0750 e. The first-order valence-corrected chi connectivity index (χ1v) is 16.6. The Labute approximate surface area is 227 Å². The number of allylic oxidation sites excluding steroid dienone is 4. The Kier molecular flexibility index (Phi) is 9.80. The molecule has 0 saturated carbocycles. The van der Waals surface area contributed by atoms with E-state index in [1.165, 1.54) is 101 Å². The van der Waals surface area contributed by atoms with Gasteiger partial charge in [-0.25, -0.2) is 0 Å². The average Bonchev–Trinajstić information content (AvgIpc) is 3.38. The Morgan fingerprint density at radius 2 is 0.838 bits per heavy atom. The molecule has 0 heterocycles. The van der Waals surface area contributed by atoms with Crippen molar-refractivity contribution in [2.24, 2.45) is 0 Å². The normalized spacial score (nSPS) is 13.8. The van der Waals surface area contributed by atoms with E-state index >= 15 is 0 Å². The molecule has 3 aromatic rings. The lowest BCUT2D eigenvalue weighted by Gasteiger charge is -2.37. The molecule has 0 aliphatic heterocycles. The van der Waals surface area contributed by atoms with Gasteiger partial charge in [0.15, 0.2) is 8.07 Å². The molecule has 3 aromatic carbocycles. The van der Waals surface area contributed by atoms with Crippen molar-refractivity contribution in [3.05, 3.63) is 119 Å². The van der Waals surface area contributed by atoms with Crippen LogP contribution in [0.15, 0.2) is 96.6 Å². The molecule has 1 radical (unpaired) electrons. The van der Waals surface area contributed by atoms with Crippen LogP contribution in [0, 0.1) is 5.54 Å². The van der Waals surface area contributed by atoms with Crippen LogP contribution in [0.25, 0.3) is 0 Å². The Hall–Kier alpha value is -2.64. The Balaban J connectivity index is 1.88. The first-order chi connectivity index (χ1) is 18.1. The van der Waals surface area contributed by atoms with Crippen LogP contribution in [0.5, 0.6) is 0 Å². The molecule has 1 aliphatic carbocycles. The van der Waals surface area contributed by atoms with E-state index in [4.69, 9.17) is 0 Å². The highest BCUT2D eigenvalue weighted by atomic mass is 28.3. The molecule has 1 aliphatic rings. The molecular formula is C36H45Si. The zero-order valence-corrected chi connectivity index (χ0v) is 24.5. The Bertz CT molecular complexity index is 1040. The molecule has 0 amide bonds. The summed E-state index contributed by atoms with van der Waals surface area (Å²) in [7, 11) is -2.44. The fraction of sp³-hybridized carbons (Fsp3) is 0.361. The second kappa shape index (κ2) is 13.2. The molecular weight excluding hydrogens is 460 g/mol. The topological polar surface area (TPSA) is 0 Å². The van der Waals surface area contributed by atoms with Gasteiger partial charge in [-0.3, -0.25) is 0 Å². The summed E-state index contributed by atoms with van der Waals surface area (Å²) in [6.07, 6.45) is 18.1. The highest BCUT2D eigenvalue weighted by Gasteiger charge is 2.46. The van der Waals surface area contributed by atoms with Crippen LogP contribution in [0.4, 0.5) is 0 Å². The van der Waals surface area contributed by atoms with Crippen molar-refractivity contribution in [3.8, 4) is 0 Å². The maximum atomic E-state index is 2.45. The van der Waals surface area contributed by atoms with Gasteiger partial charge in [0.25, 0.3) is 0 Å². The Morgan fingerprint density at radius 3 is 1.11 bits per heavy atom. The average molecular weight is 506 g/mol. The predicted octanol–water partition coefficient (Wildman–Crippen LogP) is 7.81. The third-order valence-electron chi connectivity index (χ3n) is 7.96. The Morgan fingerprint density at radius 1 is 0.486 bits per heavy atom. The van der Waals surface area contributed by atoms with Crippen molar-refractivity contribution in [2.45, 2.75) is 85.5 Å². The second-order valence-corrected chi connectivity index (χ2v) is 14.6.